The largest absolute Gasteiger partial charge is 0.368 e. The van der Waals surface area contributed by atoms with E-state index in [1.54, 1.807) is 0 Å². The van der Waals surface area contributed by atoms with Gasteiger partial charge in [-0.3, -0.25) is 4.68 Å². The fraction of sp³-hybridized carbons (Fsp3) is 0.429. The summed E-state index contributed by atoms with van der Waals surface area (Å²) in [5, 5.41) is 7.66. The number of aromatic nitrogens is 3. The van der Waals surface area contributed by atoms with Crippen molar-refractivity contribution in [1.29, 1.82) is 0 Å². The van der Waals surface area contributed by atoms with Crippen LogP contribution in [-0.2, 0) is 7.05 Å². The molecule has 0 saturated heterocycles. The van der Waals surface area contributed by atoms with Crippen LogP contribution in [0.2, 0.25) is 0 Å². The van der Waals surface area contributed by atoms with E-state index >= 15 is 0 Å². The Labute approximate surface area is 128 Å². The van der Waals surface area contributed by atoms with Gasteiger partial charge in [0.25, 0.3) is 0 Å². The minimum absolute atomic E-state index is 0.258. The summed E-state index contributed by atoms with van der Waals surface area (Å²) in [5.41, 5.74) is 2.32. The van der Waals surface area contributed by atoms with E-state index in [4.69, 9.17) is 0 Å². The van der Waals surface area contributed by atoms with Crippen LogP contribution in [0.5, 0.6) is 0 Å². The third-order valence-electron chi connectivity index (χ3n) is 3.24. The molecule has 0 radical (unpaired) electrons. The quantitative estimate of drug-likeness (QED) is 0.910. The van der Waals surface area contributed by atoms with Crippen LogP contribution in [0.4, 0.5) is 5.82 Å². The molecule has 0 unspecified atom stereocenters. The third-order valence-corrected chi connectivity index (χ3v) is 3.67. The lowest BCUT2D eigenvalue weighted by Gasteiger charge is -2.24. The molecule has 2 heterocycles. The Balaban J connectivity index is 2.10. The first-order valence-electron chi connectivity index (χ1n) is 6.48. The van der Waals surface area contributed by atoms with Gasteiger partial charge < -0.3 is 10.2 Å². The normalized spacial score (nSPS) is 12.7. The lowest BCUT2D eigenvalue weighted by atomic mass is 10.1. The molecule has 0 spiro atoms. The second kappa shape index (κ2) is 6.37. The number of rotatable bonds is 5. The highest BCUT2D eigenvalue weighted by Gasteiger charge is 2.16. The van der Waals surface area contributed by atoms with Gasteiger partial charge in [-0.2, -0.15) is 5.10 Å². The van der Waals surface area contributed by atoms with Crippen molar-refractivity contribution in [3.63, 3.8) is 0 Å². The van der Waals surface area contributed by atoms with Gasteiger partial charge >= 0.3 is 0 Å². The van der Waals surface area contributed by atoms with Crippen molar-refractivity contribution in [2.75, 3.05) is 26.0 Å². The van der Waals surface area contributed by atoms with Crippen LogP contribution in [0.3, 0.4) is 0 Å². The molecular weight excluding hydrogens is 318 g/mol. The van der Waals surface area contributed by atoms with Crippen molar-refractivity contribution in [2.24, 2.45) is 7.05 Å². The Kier molecular flexibility index (Phi) is 4.77. The zero-order valence-electron chi connectivity index (χ0n) is 12.3. The van der Waals surface area contributed by atoms with Crippen LogP contribution in [0.15, 0.2) is 29.1 Å². The molecule has 5 nitrogen and oxygen atoms in total. The maximum atomic E-state index is 4.41. The van der Waals surface area contributed by atoms with E-state index in [0.29, 0.717) is 0 Å². The Hall–Kier alpha value is -1.40. The summed E-state index contributed by atoms with van der Waals surface area (Å²) in [6.07, 6.45) is 5.77. The maximum Gasteiger partial charge on any atom is 0.128 e. The summed E-state index contributed by atoms with van der Waals surface area (Å²) in [6.45, 7) is 2.84. The molecule has 0 aliphatic rings. The first kappa shape index (κ1) is 15.0. The smallest absolute Gasteiger partial charge is 0.128 e. The number of hydrogen-bond acceptors (Lipinski definition) is 4. The first-order valence-corrected chi connectivity index (χ1v) is 7.27. The Bertz CT molecular complexity index is 579. The Morgan fingerprint density at radius 3 is 2.70 bits per heavy atom. The summed E-state index contributed by atoms with van der Waals surface area (Å²) in [4.78, 5) is 6.59. The van der Waals surface area contributed by atoms with Crippen molar-refractivity contribution >= 4 is 21.7 Å². The number of likely N-dealkylation sites (N-methyl/N-ethyl adjacent to an activating group) is 1. The zero-order valence-corrected chi connectivity index (χ0v) is 13.8. The van der Waals surface area contributed by atoms with E-state index in [-0.39, 0.29) is 6.04 Å². The van der Waals surface area contributed by atoms with E-state index in [9.17, 15) is 0 Å². The highest BCUT2D eigenvalue weighted by Crippen LogP contribution is 2.20. The van der Waals surface area contributed by atoms with E-state index in [0.717, 1.165) is 22.4 Å². The molecule has 0 bridgehead atoms. The highest BCUT2D eigenvalue weighted by molar-refractivity contribution is 9.10. The van der Waals surface area contributed by atoms with Gasteiger partial charge in [-0.1, -0.05) is 0 Å². The number of hydrogen-bond donors (Lipinski definition) is 1. The van der Waals surface area contributed by atoms with Crippen LogP contribution >= 0.6 is 15.9 Å². The van der Waals surface area contributed by atoms with Gasteiger partial charge in [0.1, 0.15) is 5.82 Å². The molecule has 20 heavy (non-hydrogen) atoms. The summed E-state index contributed by atoms with van der Waals surface area (Å²) in [5.74, 6) is 0.920. The SMILES string of the molecule is Cc1cc(Br)cnc1NC[C@@H](c1cnn(C)c1)N(C)C. The van der Waals surface area contributed by atoms with E-state index < -0.39 is 0 Å². The Morgan fingerprint density at radius 2 is 2.15 bits per heavy atom. The van der Waals surface area contributed by atoms with E-state index in [1.807, 2.05) is 30.3 Å². The predicted octanol–water partition coefficient (Wildman–Crippen LogP) is 2.60. The van der Waals surface area contributed by atoms with Crippen LogP contribution in [0.25, 0.3) is 0 Å². The molecule has 1 N–H and O–H groups in total. The molecule has 0 aliphatic heterocycles. The van der Waals surface area contributed by atoms with E-state index in [2.05, 4.69) is 63.3 Å². The van der Waals surface area contributed by atoms with Crippen molar-refractivity contribution in [2.45, 2.75) is 13.0 Å². The fourth-order valence-corrected chi connectivity index (χ4v) is 2.58. The summed E-state index contributed by atoms with van der Waals surface area (Å²) >= 11 is 3.43. The molecule has 108 valence electrons. The minimum atomic E-state index is 0.258. The van der Waals surface area contributed by atoms with Crippen molar-refractivity contribution in [3.05, 3.63) is 40.3 Å². The molecular formula is C14H20BrN5. The first-order chi connectivity index (χ1) is 9.47. The van der Waals surface area contributed by atoms with Crippen LogP contribution < -0.4 is 5.32 Å². The number of aryl methyl sites for hydroxylation is 2. The van der Waals surface area contributed by atoms with Gasteiger partial charge in [-0.05, 0) is 48.6 Å². The van der Waals surface area contributed by atoms with Gasteiger partial charge in [0.15, 0.2) is 0 Å². The van der Waals surface area contributed by atoms with Gasteiger partial charge in [0.05, 0.1) is 12.2 Å². The average Bonchev–Trinajstić information content (AvgIpc) is 2.78. The predicted molar refractivity (Wildman–Crippen MR) is 84.8 cm³/mol. The van der Waals surface area contributed by atoms with Crippen molar-refractivity contribution in [1.82, 2.24) is 19.7 Å². The Morgan fingerprint density at radius 1 is 1.40 bits per heavy atom. The standard InChI is InChI=1S/C14H20BrN5/c1-10-5-12(15)7-16-14(10)17-8-13(19(2)3)11-6-18-20(4)9-11/h5-7,9,13H,8H2,1-4H3,(H,16,17)/t13-/m0/s1. The van der Waals surface area contributed by atoms with Gasteiger partial charge in [-0.15, -0.1) is 0 Å². The molecule has 2 aromatic rings. The zero-order chi connectivity index (χ0) is 14.7. The van der Waals surface area contributed by atoms with Crippen LogP contribution in [0.1, 0.15) is 17.2 Å². The van der Waals surface area contributed by atoms with E-state index in [1.165, 1.54) is 5.56 Å². The summed E-state index contributed by atoms with van der Waals surface area (Å²) in [7, 11) is 6.08. The molecule has 2 aromatic heterocycles. The molecule has 1 atom stereocenters. The van der Waals surface area contributed by atoms with Crippen LogP contribution in [-0.4, -0.2) is 40.3 Å². The van der Waals surface area contributed by atoms with Crippen LogP contribution in [0, 0.1) is 6.92 Å². The molecule has 6 heteroatoms. The summed E-state index contributed by atoms with van der Waals surface area (Å²) < 4.78 is 2.83. The monoisotopic (exact) mass is 337 g/mol. The highest BCUT2D eigenvalue weighted by atomic mass is 79.9. The molecule has 0 saturated carbocycles. The second-order valence-electron chi connectivity index (χ2n) is 5.13. The number of anilines is 1. The third kappa shape index (κ3) is 3.58. The van der Waals surface area contributed by atoms with Gasteiger partial charge in [0.2, 0.25) is 0 Å². The number of nitrogens with zero attached hydrogens (tertiary/aromatic N) is 4. The van der Waals surface area contributed by atoms with Gasteiger partial charge in [0, 0.05) is 36.0 Å². The topological polar surface area (TPSA) is 46.0 Å². The fourth-order valence-electron chi connectivity index (χ4n) is 2.13. The number of halogens is 1. The molecule has 2 rings (SSSR count). The number of nitrogens with one attached hydrogen (secondary N) is 1. The lowest BCUT2D eigenvalue weighted by molar-refractivity contribution is 0.311. The van der Waals surface area contributed by atoms with Crippen molar-refractivity contribution in [3.8, 4) is 0 Å². The summed E-state index contributed by atoms with van der Waals surface area (Å²) in [6, 6.07) is 2.32. The molecule has 0 amide bonds. The van der Waals surface area contributed by atoms with Gasteiger partial charge in [-0.25, -0.2) is 4.98 Å². The molecule has 0 fully saturated rings. The molecule has 0 aliphatic carbocycles. The molecule has 0 aromatic carbocycles. The second-order valence-corrected chi connectivity index (χ2v) is 6.04. The average molecular weight is 338 g/mol. The minimum Gasteiger partial charge on any atom is -0.368 e. The lowest BCUT2D eigenvalue weighted by Crippen LogP contribution is -2.27. The number of pyridine rings is 1. The van der Waals surface area contributed by atoms with Crippen molar-refractivity contribution < 1.29 is 0 Å². The maximum absolute atomic E-state index is 4.41.